The van der Waals surface area contributed by atoms with Crippen LogP contribution in [0.1, 0.15) is 0 Å². The van der Waals surface area contributed by atoms with E-state index in [-0.39, 0.29) is 16.5 Å². The second-order valence-electron chi connectivity index (χ2n) is 2.22. The molecule has 1 rings (SSSR count). The molecule has 0 amide bonds. The quantitative estimate of drug-likeness (QED) is 0.553. The molecule has 0 bridgehead atoms. The molecule has 0 spiro atoms. The van der Waals surface area contributed by atoms with Gasteiger partial charge in [-0.25, -0.2) is 4.79 Å². The van der Waals surface area contributed by atoms with E-state index in [0.29, 0.717) is 0 Å². The number of ether oxygens (including phenoxy) is 1. The molecule has 0 aliphatic carbocycles. The first-order valence-electron chi connectivity index (χ1n) is 3.44. The third-order valence-electron chi connectivity index (χ3n) is 1.30. The Hall–Kier alpha value is -1.26. The fourth-order valence-corrected chi connectivity index (χ4v) is 0.899. The van der Waals surface area contributed by atoms with Crippen LogP contribution in [0.5, 0.6) is 11.5 Å². The zero-order valence-corrected chi connectivity index (χ0v) is 7.28. The van der Waals surface area contributed by atoms with E-state index in [1.807, 2.05) is 0 Å². The molecule has 0 aromatic heterocycles. The highest BCUT2D eigenvalue weighted by atomic mass is 35.5. The summed E-state index contributed by atoms with van der Waals surface area (Å²) in [6, 6.07) is 4.34. The summed E-state index contributed by atoms with van der Waals surface area (Å²) in [5.74, 6) is -1.23. The molecule has 0 saturated carbocycles. The maximum absolute atomic E-state index is 10.6. The van der Waals surface area contributed by atoms with E-state index in [0.717, 1.165) is 0 Å². The Bertz CT molecular complexity index is 324. The van der Waals surface area contributed by atoms with Crippen LogP contribution in [0.2, 0.25) is 5.02 Å². The minimum absolute atomic E-state index is 0.0634. The number of phenolic OH excluding ortho intramolecular Hbond substituents is 1. The summed E-state index contributed by atoms with van der Waals surface area (Å²) in [7, 11) is 0. The van der Waals surface area contributed by atoms with E-state index in [4.69, 9.17) is 16.7 Å². The van der Waals surface area contributed by atoms with Crippen LogP contribution in [0.4, 0.5) is 0 Å². The molecule has 1 aromatic carbocycles. The third kappa shape index (κ3) is 2.34. The van der Waals surface area contributed by atoms with Crippen molar-refractivity contribution in [2.24, 2.45) is 0 Å². The van der Waals surface area contributed by atoms with Crippen molar-refractivity contribution in [3.05, 3.63) is 23.2 Å². The molecule has 4 nitrogen and oxygen atoms in total. The molecule has 70 valence electrons. The van der Waals surface area contributed by atoms with Gasteiger partial charge in [-0.1, -0.05) is 17.7 Å². The van der Waals surface area contributed by atoms with Crippen molar-refractivity contribution in [1.29, 1.82) is 0 Å². The Kier molecular flexibility index (Phi) is 3.11. The standard InChI is InChI=1S/C8H7ClO4/c9-5-2-1-3-6(8(5)12)13-7(11)4-10/h1-3,10,12H,4H2. The van der Waals surface area contributed by atoms with Gasteiger partial charge in [-0.3, -0.25) is 0 Å². The average Bonchev–Trinajstić information content (AvgIpc) is 2.13. The fraction of sp³-hybridized carbons (Fsp3) is 0.125. The number of para-hydroxylation sites is 1. The van der Waals surface area contributed by atoms with Crippen molar-refractivity contribution in [1.82, 2.24) is 0 Å². The molecule has 0 radical (unpaired) electrons. The summed E-state index contributed by atoms with van der Waals surface area (Å²) in [4.78, 5) is 10.6. The molecule has 0 fully saturated rings. The van der Waals surface area contributed by atoms with Gasteiger partial charge in [-0.2, -0.15) is 0 Å². The van der Waals surface area contributed by atoms with Crippen molar-refractivity contribution >= 4 is 17.6 Å². The van der Waals surface area contributed by atoms with Gasteiger partial charge in [0.25, 0.3) is 0 Å². The van der Waals surface area contributed by atoms with Gasteiger partial charge >= 0.3 is 5.97 Å². The minimum atomic E-state index is -0.849. The maximum Gasteiger partial charge on any atom is 0.337 e. The van der Waals surface area contributed by atoms with Crippen molar-refractivity contribution in [2.75, 3.05) is 6.61 Å². The molecule has 1 aromatic rings. The van der Waals surface area contributed by atoms with Crippen LogP contribution in [0.25, 0.3) is 0 Å². The highest BCUT2D eigenvalue weighted by Gasteiger charge is 2.09. The number of halogens is 1. The zero-order valence-electron chi connectivity index (χ0n) is 6.53. The van der Waals surface area contributed by atoms with Crippen molar-refractivity contribution in [3.63, 3.8) is 0 Å². The Morgan fingerprint density at radius 1 is 1.54 bits per heavy atom. The summed E-state index contributed by atoms with van der Waals surface area (Å²) in [6.07, 6.45) is 0. The number of aromatic hydroxyl groups is 1. The van der Waals surface area contributed by atoms with Crippen molar-refractivity contribution in [2.45, 2.75) is 0 Å². The monoisotopic (exact) mass is 202 g/mol. The predicted octanol–water partition coefficient (Wildman–Crippen LogP) is 0.943. The van der Waals surface area contributed by atoms with Gasteiger partial charge in [-0.05, 0) is 12.1 Å². The molecular formula is C8H7ClO4. The van der Waals surface area contributed by atoms with Crippen LogP contribution < -0.4 is 4.74 Å². The van der Waals surface area contributed by atoms with Crippen molar-refractivity contribution < 1.29 is 19.7 Å². The van der Waals surface area contributed by atoms with E-state index in [9.17, 15) is 9.90 Å². The number of aliphatic hydroxyl groups is 1. The first-order chi connectivity index (χ1) is 6.15. The van der Waals surface area contributed by atoms with Gasteiger partial charge < -0.3 is 14.9 Å². The second kappa shape index (κ2) is 4.11. The van der Waals surface area contributed by atoms with E-state index in [1.165, 1.54) is 18.2 Å². The Balaban J connectivity index is 2.89. The number of carbonyl (C=O) groups excluding carboxylic acids is 1. The highest BCUT2D eigenvalue weighted by Crippen LogP contribution is 2.33. The number of benzene rings is 1. The third-order valence-corrected chi connectivity index (χ3v) is 1.61. The first kappa shape index (κ1) is 9.83. The summed E-state index contributed by atoms with van der Waals surface area (Å²) in [6.45, 7) is -0.744. The lowest BCUT2D eigenvalue weighted by Gasteiger charge is -2.04. The van der Waals surface area contributed by atoms with E-state index < -0.39 is 12.6 Å². The molecule has 0 atom stereocenters. The van der Waals surface area contributed by atoms with Gasteiger partial charge in [0.2, 0.25) is 0 Å². The maximum atomic E-state index is 10.6. The van der Waals surface area contributed by atoms with Crippen LogP contribution in [0, 0.1) is 0 Å². The average molecular weight is 203 g/mol. The Morgan fingerprint density at radius 2 is 2.23 bits per heavy atom. The van der Waals surface area contributed by atoms with E-state index in [2.05, 4.69) is 4.74 Å². The topological polar surface area (TPSA) is 66.8 Å². The second-order valence-corrected chi connectivity index (χ2v) is 2.63. The van der Waals surface area contributed by atoms with Crippen molar-refractivity contribution in [3.8, 4) is 11.5 Å². The summed E-state index contributed by atoms with van der Waals surface area (Å²) < 4.78 is 4.55. The predicted molar refractivity (Wildman–Crippen MR) is 45.8 cm³/mol. The number of aliphatic hydroxyl groups excluding tert-OH is 1. The number of esters is 1. The largest absolute Gasteiger partial charge is 0.503 e. The van der Waals surface area contributed by atoms with E-state index in [1.54, 1.807) is 0 Å². The highest BCUT2D eigenvalue weighted by molar-refractivity contribution is 6.32. The lowest BCUT2D eigenvalue weighted by molar-refractivity contribution is -0.137. The lowest BCUT2D eigenvalue weighted by Crippen LogP contribution is -2.12. The molecule has 0 heterocycles. The van der Waals surface area contributed by atoms with Crippen LogP contribution in [0.3, 0.4) is 0 Å². The number of hydrogen-bond acceptors (Lipinski definition) is 4. The van der Waals surface area contributed by atoms with Crippen LogP contribution >= 0.6 is 11.6 Å². The molecule has 2 N–H and O–H groups in total. The molecule has 13 heavy (non-hydrogen) atoms. The van der Waals surface area contributed by atoms with Crippen LogP contribution in [0.15, 0.2) is 18.2 Å². The summed E-state index contributed by atoms with van der Waals surface area (Å²) in [5, 5.41) is 17.7. The molecule has 0 aliphatic rings. The molecule has 0 saturated heterocycles. The Morgan fingerprint density at radius 3 is 2.85 bits per heavy atom. The normalized spacial score (nSPS) is 9.69. The van der Waals surface area contributed by atoms with Gasteiger partial charge in [0.05, 0.1) is 5.02 Å². The lowest BCUT2D eigenvalue weighted by atomic mass is 10.3. The van der Waals surface area contributed by atoms with Gasteiger partial charge in [0, 0.05) is 0 Å². The van der Waals surface area contributed by atoms with Gasteiger partial charge in [0.15, 0.2) is 11.5 Å². The summed E-state index contributed by atoms with van der Waals surface area (Å²) >= 11 is 5.54. The van der Waals surface area contributed by atoms with Gasteiger partial charge in [0.1, 0.15) is 6.61 Å². The SMILES string of the molecule is O=C(CO)Oc1cccc(Cl)c1O. The number of hydrogen-bond donors (Lipinski definition) is 2. The van der Waals surface area contributed by atoms with Gasteiger partial charge in [-0.15, -0.1) is 0 Å². The Labute approximate surface area is 79.3 Å². The minimum Gasteiger partial charge on any atom is -0.503 e. The first-order valence-corrected chi connectivity index (χ1v) is 3.82. The molecule has 0 unspecified atom stereocenters. The summed E-state index contributed by atoms with van der Waals surface area (Å²) in [5.41, 5.74) is 0. The zero-order chi connectivity index (χ0) is 9.84. The number of rotatable bonds is 2. The molecule has 0 aliphatic heterocycles. The smallest absolute Gasteiger partial charge is 0.337 e. The van der Waals surface area contributed by atoms with E-state index >= 15 is 0 Å². The van der Waals surface area contributed by atoms with Crippen LogP contribution in [-0.4, -0.2) is 22.8 Å². The fourth-order valence-electron chi connectivity index (χ4n) is 0.733. The number of carbonyl (C=O) groups is 1. The molecule has 5 heteroatoms. The number of phenols is 1. The van der Waals surface area contributed by atoms with Crippen LogP contribution in [-0.2, 0) is 4.79 Å². The molecular weight excluding hydrogens is 196 g/mol.